The smallest absolute Gasteiger partial charge is 0.0366 e. The van der Waals surface area contributed by atoms with Crippen molar-refractivity contribution in [3.63, 3.8) is 0 Å². The van der Waals surface area contributed by atoms with E-state index in [2.05, 4.69) is 54.0 Å². The Morgan fingerprint density at radius 3 is 2.56 bits per heavy atom. The molecular weight excluding hydrogens is 258 g/mol. The summed E-state index contributed by atoms with van der Waals surface area (Å²) in [5.74, 6) is 1.13. The highest BCUT2D eigenvalue weighted by Crippen LogP contribution is 2.24. The van der Waals surface area contributed by atoms with Crippen molar-refractivity contribution in [2.75, 3.05) is 12.8 Å². The molecule has 1 atom stereocenters. The molecule has 1 aromatic heterocycles. The third-order valence-electron chi connectivity index (χ3n) is 2.93. The summed E-state index contributed by atoms with van der Waals surface area (Å²) in [7, 11) is 2.03. The van der Waals surface area contributed by atoms with Crippen molar-refractivity contribution in [1.29, 1.82) is 0 Å². The number of benzene rings is 1. The zero-order valence-electron chi connectivity index (χ0n) is 10.8. The Balaban J connectivity index is 2.07. The number of hydrogen-bond donors (Lipinski definition) is 1. The monoisotopic (exact) mass is 277 g/mol. The number of likely N-dealkylation sites (N-methyl/N-ethyl adjacent to an activating group) is 1. The Bertz CT molecular complexity index is 448. The zero-order chi connectivity index (χ0) is 12.8. The van der Waals surface area contributed by atoms with Crippen molar-refractivity contribution in [1.82, 2.24) is 5.32 Å². The highest BCUT2D eigenvalue weighted by molar-refractivity contribution is 7.99. The molecule has 96 valence electrons. The molecule has 0 fully saturated rings. The molecule has 0 saturated heterocycles. The molecule has 0 aliphatic carbocycles. The van der Waals surface area contributed by atoms with Gasteiger partial charge in [0.15, 0.2) is 0 Å². The first-order valence-corrected chi connectivity index (χ1v) is 8.12. The minimum Gasteiger partial charge on any atom is -0.313 e. The van der Waals surface area contributed by atoms with E-state index in [1.165, 1.54) is 15.3 Å². The van der Waals surface area contributed by atoms with Gasteiger partial charge in [0.05, 0.1) is 0 Å². The van der Waals surface area contributed by atoms with E-state index >= 15 is 0 Å². The van der Waals surface area contributed by atoms with Gasteiger partial charge >= 0.3 is 0 Å². The van der Waals surface area contributed by atoms with Crippen LogP contribution in [0.2, 0.25) is 0 Å². The summed E-state index contributed by atoms with van der Waals surface area (Å²) in [5.41, 5.74) is 1.37. The maximum Gasteiger partial charge on any atom is 0.0366 e. The minimum atomic E-state index is 0.407. The van der Waals surface area contributed by atoms with E-state index in [4.69, 9.17) is 0 Å². The van der Waals surface area contributed by atoms with Crippen LogP contribution in [0.3, 0.4) is 0 Å². The summed E-state index contributed by atoms with van der Waals surface area (Å²) in [4.78, 5) is 2.79. The summed E-state index contributed by atoms with van der Waals surface area (Å²) in [5, 5.41) is 5.55. The van der Waals surface area contributed by atoms with Gasteiger partial charge in [-0.15, -0.1) is 23.1 Å². The highest BCUT2D eigenvalue weighted by Gasteiger charge is 2.10. The standard InChI is InChI=1S/C15H19NS2/c1-3-17-13-8-6-12(7-9-13)15(16-2)11-14-5-4-10-18-14/h4-10,15-16H,3,11H2,1-2H3. The van der Waals surface area contributed by atoms with Crippen LogP contribution in [0.4, 0.5) is 0 Å². The highest BCUT2D eigenvalue weighted by atomic mass is 32.2. The van der Waals surface area contributed by atoms with E-state index in [1.807, 2.05) is 30.1 Å². The van der Waals surface area contributed by atoms with Crippen LogP contribution in [-0.2, 0) is 6.42 Å². The van der Waals surface area contributed by atoms with Crippen LogP contribution in [0.5, 0.6) is 0 Å². The van der Waals surface area contributed by atoms with Crippen LogP contribution in [0.15, 0.2) is 46.7 Å². The topological polar surface area (TPSA) is 12.0 Å². The number of rotatable bonds is 6. The molecule has 1 aromatic carbocycles. The first kappa shape index (κ1) is 13.7. The predicted octanol–water partition coefficient (Wildman–Crippen LogP) is 4.36. The lowest BCUT2D eigenvalue weighted by molar-refractivity contribution is 0.596. The fraction of sp³-hybridized carbons (Fsp3) is 0.333. The average Bonchev–Trinajstić information content (AvgIpc) is 2.90. The van der Waals surface area contributed by atoms with E-state index in [1.54, 1.807) is 0 Å². The molecule has 1 unspecified atom stereocenters. The van der Waals surface area contributed by atoms with Crippen molar-refractivity contribution in [3.05, 3.63) is 52.2 Å². The lowest BCUT2D eigenvalue weighted by Gasteiger charge is -2.16. The maximum absolute atomic E-state index is 3.41. The average molecular weight is 277 g/mol. The number of thioether (sulfide) groups is 1. The Hall–Kier alpha value is -0.770. The molecule has 0 spiro atoms. The molecule has 0 bridgehead atoms. The molecular formula is C15H19NS2. The third kappa shape index (κ3) is 3.61. The van der Waals surface area contributed by atoms with Gasteiger partial charge in [0.1, 0.15) is 0 Å². The number of nitrogens with one attached hydrogen (secondary N) is 1. The van der Waals surface area contributed by atoms with Crippen LogP contribution < -0.4 is 5.32 Å². The molecule has 1 N–H and O–H groups in total. The molecule has 0 aliphatic heterocycles. The minimum absolute atomic E-state index is 0.407. The molecule has 1 nitrogen and oxygen atoms in total. The molecule has 1 heterocycles. The second-order valence-corrected chi connectivity index (χ2v) is 6.50. The van der Waals surface area contributed by atoms with E-state index in [0.29, 0.717) is 6.04 Å². The molecule has 0 aliphatic rings. The largest absolute Gasteiger partial charge is 0.313 e. The Labute approximate surface area is 118 Å². The van der Waals surface area contributed by atoms with Gasteiger partial charge in [-0.3, -0.25) is 0 Å². The van der Waals surface area contributed by atoms with Gasteiger partial charge < -0.3 is 5.32 Å². The molecule has 2 rings (SSSR count). The van der Waals surface area contributed by atoms with Crippen molar-refractivity contribution in [2.24, 2.45) is 0 Å². The van der Waals surface area contributed by atoms with E-state index in [-0.39, 0.29) is 0 Å². The van der Waals surface area contributed by atoms with Crippen molar-refractivity contribution >= 4 is 23.1 Å². The Kier molecular flexibility index (Phi) is 5.29. The van der Waals surface area contributed by atoms with Gasteiger partial charge in [0, 0.05) is 22.2 Å². The van der Waals surface area contributed by atoms with Gasteiger partial charge in [-0.05, 0) is 41.9 Å². The van der Waals surface area contributed by atoms with Crippen LogP contribution in [0.25, 0.3) is 0 Å². The first-order valence-electron chi connectivity index (χ1n) is 6.26. The summed E-state index contributed by atoms with van der Waals surface area (Å²) < 4.78 is 0. The first-order chi connectivity index (χ1) is 8.83. The maximum atomic E-state index is 3.41. The lowest BCUT2D eigenvalue weighted by Crippen LogP contribution is -2.18. The van der Waals surface area contributed by atoms with E-state index in [0.717, 1.165) is 12.2 Å². The molecule has 0 saturated carbocycles. The zero-order valence-corrected chi connectivity index (χ0v) is 12.5. The summed E-state index contributed by atoms with van der Waals surface area (Å²) >= 11 is 3.72. The normalized spacial score (nSPS) is 12.6. The fourth-order valence-corrected chi connectivity index (χ4v) is 3.39. The predicted molar refractivity (Wildman–Crippen MR) is 82.7 cm³/mol. The van der Waals surface area contributed by atoms with Crippen molar-refractivity contribution in [2.45, 2.75) is 24.3 Å². The molecule has 2 aromatic rings. The molecule has 18 heavy (non-hydrogen) atoms. The number of thiophene rings is 1. The van der Waals surface area contributed by atoms with Gasteiger partial charge in [-0.2, -0.15) is 0 Å². The Morgan fingerprint density at radius 2 is 2.00 bits per heavy atom. The SMILES string of the molecule is CCSc1ccc(C(Cc2cccs2)NC)cc1. The van der Waals surface area contributed by atoms with Gasteiger partial charge in [0.25, 0.3) is 0 Å². The van der Waals surface area contributed by atoms with E-state index in [9.17, 15) is 0 Å². The Morgan fingerprint density at radius 1 is 1.22 bits per heavy atom. The third-order valence-corrected chi connectivity index (χ3v) is 4.72. The van der Waals surface area contributed by atoms with E-state index < -0.39 is 0 Å². The van der Waals surface area contributed by atoms with Crippen LogP contribution in [0.1, 0.15) is 23.4 Å². The molecule has 0 radical (unpaired) electrons. The van der Waals surface area contributed by atoms with Crippen LogP contribution >= 0.6 is 23.1 Å². The summed E-state index contributed by atoms with van der Waals surface area (Å²) in [6.45, 7) is 2.19. The van der Waals surface area contributed by atoms with Gasteiger partial charge in [-0.25, -0.2) is 0 Å². The molecule has 3 heteroatoms. The summed E-state index contributed by atoms with van der Waals surface area (Å²) in [6.07, 6.45) is 1.06. The molecule has 0 amide bonds. The second-order valence-electron chi connectivity index (χ2n) is 4.13. The van der Waals surface area contributed by atoms with Crippen LogP contribution in [0, 0.1) is 0 Å². The van der Waals surface area contributed by atoms with Gasteiger partial charge in [-0.1, -0.05) is 25.1 Å². The number of hydrogen-bond acceptors (Lipinski definition) is 3. The van der Waals surface area contributed by atoms with Crippen molar-refractivity contribution < 1.29 is 0 Å². The fourth-order valence-electron chi connectivity index (χ4n) is 1.98. The quantitative estimate of drug-likeness (QED) is 0.787. The lowest BCUT2D eigenvalue weighted by atomic mass is 10.0. The second kappa shape index (κ2) is 6.98. The van der Waals surface area contributed by atoms with Gasteiger partial charge in [0.2, 0.25) is 0 Å². The van der Waals surface area contributed by atoms with Crippen LogP contribution in [-0.4, -0.2) is 12.8 Å². The van der Waals surface area contributed by atoms with Crippen molar-refractivity contribution in [3.8, 4) is 0 Å². The summed E-state index contributed by atoms with van der Waals surface area (Å²) in [6, 6.07) is 13.7.